The molecule has 0 aromatic rings. The van der Waals surface area contributed by atoms with E-state index < -0.39 is 7.82 Å². The summed E-state index contributed by atoms with van der Waals surface area (Å²) in [6.07, 6.45) is 16.0. The second-order valence-corrected chi connectivity index (χ2v) is 6.08. The quantitative estimate of drug-likeness (QED) is 0.223. The van der Waals surface area contributed by atoms with Gasteiger partial charge in [-0.05, 0) is 0 Å². The van der Waals surface area contributed by atoms with Crippen LogP contribution in [0.3, 0.4) is 0 Å². The van der Waals surface area contributed by atoms with Gasteiger partial charge in [0.15, 0.2) is 0 Å². The van der Waals surface area contributed by atoms with Gasteiger partial charge in [0.1, 0.15) is 0 Å². The Labute approximate surface area is 154 Å². The van der Waals surface area contributed by atoms with Gasteiger partial charge in [-0.15, -0.1) is 0 Å². The van der Waals surface area contributed by atoms with Crippen molar-refractivity contribution in [1.82, 2.24) is 0 Å². The molecule has 0 aromatic heterocycles. The first-order valence-electron chi connectivity index (χ1n) is 8.20. The molecule has 0 aromatic carbocycles. The molecule has 22 heavy (non-hydrogen) atoms. The molecular formula is C16H37MgO4P. The van der Waals surface area contributed by atoms with E-state index in [1.54, 1.807) is 0 Å². The van der Waals surface area contributed by atoms with E-state index in [1.165, 1.54) is 64.2 Å². The summed E-state index contributed by atoms with van der Waals surface area (Å²) < 4.78 is 8.88. The topological polar surface area (TPSA) is 77.8 Å². The molecule has 0 rings (SSSR count). The zero-order chi connectivity index (χ0) is 17.0. The first-order valence-corrected chi connectivity index (χ1v) is 9.76. The van der Waals surface area contributed by atoms with Crippen LogP contribution in [-0.2, 0) is 4.57 Å². The van der Waals surface area contributed by atoms with Crippen molar-refractivity contribution < 1.29 is 19.2 Å². The smallest absolute Gasteiger partial charge is 0.343 e. The summed E-state index contributed by atoms with van der Waals surface area (Å²) in [5.41, 5.74) is 0. The van der Waals surface area contributed by atoms with Crippen LogP contribution in [0.15, 0.2) is 0 Å². The zero-order valence-corrected chi connectivity index (χ0v) is 17.1. The molecule has 0 saturated carbocycles. The number of rotatable bonds is 10. The fraction of sp³-hybridized carbons (Fsp3) is 0.875. The molecule has 0 aliphatic rings. The SMILES string of the molecule is O=P(O)(O)O.[CH2-]CCCCCCC.[CH2-]CCCCCCC.[Mg+2]. The summed E-state index contributed by atoms with van der Waals surface area (Å²) in [4.78, 5) is 21.6. The maximum Gasteiger partial charge on any atom is 2.00 e. The molecule has 0 unspecified atom stereocenters. The number of hydrogen-bond acceptors (Lipinski definition) is 1. The molecule has 0 aliphatic carbocycles. The van der Waals surface area contributed by atoms with Crippen LogP contribution in [0.25, 0.3) is 0 Å². The molecule has 0 atom stereocenters. The Morgan fingerprint density at radius 3 is 1.09 bits per heavy atom. The first kappa shape index (κ1) is 30.7. The van der Waals surface area contributed by atoms with Crippen molar-refractivity contribution in [1.29, 1.82) is 0 Å². The summed E-state index contributed by atoms with van der Waals surface area (Å²) >= 11 is 0. The minimum atomic E-state index is -4.64. The summed E-state index contributed by atoms with van der Waals surface area (Å²) in [6.45, 7) is 12.0. The number of phosphoric acid groups is 1. The molecule has 4 nitrogen and oxygen atoms in total. The molecule has 0 heterocycles. The number of hydrogen-bond donors (Lipinski definition) is 3. The van der Waals surface area contributed by atoms with Gasteiger partial charge in [0, 0.05) is 0 Å². The standard InChI is InChI=1S/2C8H17.Mg.H3O4P/c2*1-3-5-7-8-6-4-2;;1-5(2,3)4/h2*1,3-8H2,2H3;;(H3,1,2,3,4)/q2*-1;+2;. The molecule has 0 aliphatic heterocycles. The Bertz CT molecular complexity index is 178. The van der Waals surface area contributed by atoms with Crippen molar-refractivity contribution >= 4 is 30.9 Å². The molecular weight excluding hydrogens is 311 g/mol. The summed E-state index contributed by atoms with van der Waals surface area (Å²) in [5.74, 6) is 0. The van der Waals surface area contributed by atoms with Crippen LogP contribution in [0.2, 0.25) is 0 Å². The third-order valence-corrected chi connectivity index (χ3v) is 2.71. The van der Waals surface area contributed by atoms with Crippen molar-refractivity contribution in [3.8, 4) is 0 Å². The molecule has 0 spiro atoms. The molecule has 3 N–H and O–H groups in total. The zero-order valence-electron chi connectivity index (χ0n) is 14.8. The maximum atomic E-state index is 8.88. The Morgan fingerprint density at radius 1 is 0.682 bits per heavy atom. The second-order valence-electron chi connectivity index (χ2n) is 5.05. The monoisotopic (exact) mass is 348 g/mol. The van der Waals surface area contributed by atoms with E-state index in [1.807, 2.05) is 0 Å². The molecule has 0 amide bonds. The van der Waals surface area contributed by atoms with Crippen LogP contribution in [0.5, 0.6) is 0 Å². The molecule has 0 radical (unpaired) electrons. The third-order valence-electron chi connectivity index (χ3n) is 2.71. The van der Waals surface area contributed by atoms with Gasteiger partial charge >= 0.3 is 30.9 Å². The fourth-order valence-electron chi connectivity index (χ4n) is 1.56. The van der Waals surface area contributed by atoms with E-state index >= 15 is 0 Å². The average molecular weight is 349 g/mol. The second kappa shape index (κ2) is 26.8. The van der Waals surface area contributed by atoms with Gasteiger partial charge in [-0.3, -0.25) is 0 Å². The fourth-order valence-corrected chi connectivity index (χ4v) is 1.56. The normalized spacial score (nSPS) is 9.77. The minimum Gasteiger partial charge on any atom is -0.343 e. The van der Waals surface area contributed by atoms with Gasteiger partial charge in [0.05, 0.1) is 0 Å². The maximum absolute atomic E-state index is 8.88. The van der Waals surface area contributed by atoms with Gasteiger partial charge in [0.25, 0.3) is 0 Å². The predicted molar refractivity (Wildman–Crippen MR) is 97.5 cm³/mol. The van der Waals surface area contributed by atoms with Crippen molar-refractivity contribution in [3.05, 3.63) is 13.8 Å². The first-order chi connectivity index (χ1) is 9.83. The molecule has 0 saturated heterocycles. The molecule has 0 bridgehead atoms. The molecule has 6 heteroatoms. The minimum absolute atomic E-state index is 0. The van der Waals surface area contributed by atoms with E-state index in [0.717, 1.165) is 12.8 Å². The largest absolute Gasteiger partial charge is 2.00 e. The molecule has 132 valence electrons. The van der Waals surface area contributed by atoms with Crippen molar-refractivity contribution in [2.45, 2.75) is 90.9 Å². The van der Waals surface area contributed by atoms with Crippen molar-refractivity contribution in [3.63, 3.8) is 0 Å². The Balaban J connectivity index is -0.000000111. The van der Waals surface area contributed by atoms with E-state index in [-0.39, 0.29) is 23.1 Å². The van der Waals surface area contributed by atoms with Gasteiger partial charge in [0.2, 0.25) is 0 Å². The summed E-state index contributed by atoms with van der Waals surface area (Å²) in [6, 6.07) is 0. The number of unbranched alkanes of at least 4 members (excludes halogenated alkanes) is 10. The van der Waals surface area contributed by atoms with E-state index in [0.29, 0.717) is 0 Å². The van der Waals surface area contributed by atoms with Gasteiger partial charge in [-0.1, -0.05) is 78.1 Å². The van der Waals surface area contributed by atoms with Gasteiger partial charge < -0.3 is 28.5 Å². The van der Waals surface area contributed by atoms with Gasteiger partial charge in [-0.2, -0.15) is 12.8 Å². The van der Waals surface area contributed by atoms with Crippen molar-refractivity contribution in [2.75, 3.05) is 0 Å². The Hall–Kier alpha value is 0.876. The van der Waals surface area contributed by atoms with Crippen LogP contribution in [0.4, 0.5) is 0 Å². The molecule has 0 fully saturated rings. The van der Waals surface area contributed by atoms with Crippen LogP contribution >= 0.6 is 7.82 Å². The summed E-state index contributed by atoms with van der Waals surface area (Å²) in [7, 11) is -4.64. The summed E-state index contributed by atoms with van der Waals surface area (Å²) in [5, 5.41) is 0. The van der Waals surface area contributed by atoms with Crippen molar-refractivity contribution in [2.24, 2.45) is 0 Å². The Morgan fingerprint density at radius 2 is 0.909 bits per heavy atom. The van der Waals surface area contributed by atoms with E-state index in [4.69, 9.17) is 19.2 Å². The predicted octanol–water partition coefficient (Wildman–Crippen LogP) is 5.05. The van der Waals surface area contributed by atoms with Gasteiger partial charge in [-0.25, -0.2) is 4.57 Å². The third kappa shape index (κ3) is 69.7. The van der Waals surface area contributed by atoms with Crippen LogP contribution in [-0.4, -0.2) is 37.7 Å². The van der Waals surface area contributed by atoms with E-state index in [2.05, 4.69) is 27.7 Å². The Kier molecular flexibility index (Phi) is 37.4. The van der Waals surface area contributed by atoms with Crippen LogP contribution in [0, 0.1) is 13.8 Å². The van der Waals surface area contributed by atoms with Crippen LogP contribution < -0.4 is 0 Å². The van der Waals surface area contributed by atoms with Crippen LogP contribution in [0.1, 0.15) is 90.9 Å². The average Bonchev–Trinajstić information content (AvgIpc) is 2.39. The van der Waals surface area contributed by atoms with E-state index in [9.17, 15) is 0 Å².